The first-order chi connectivity index (χ1) is 8.75. The Balaban J connectivity index is 2.12. The van der Waals surface area contributed by atoms with Crippen molar-refractivity contribution in [1.29, 1.82) is 0 Å². The molecular weight excluding hydrogens is 238 g/mol. The molecule has 0 bridgehead atoms. The zero-order chi connectivity index (χ0) is 12.5. The molecule has 1 aromatic carbocycles. The van der Waals surface area contributed by atoms with Gasteiger partial charge in [-0.25, -0.2) is 4.68 Å². The SMILES string of the molecule is [O-]N(O)c1c(Nn2cnnc2)ccc2cn[nH]c12. The number of hydrogen-bond acceptors (Lipinski definition) is 7. The van der Waals surface area contributed by atoms with Gasteiger partial charge in [0.15, 0.2) is 0 Å². The molecule has 0 amide bonds. The van der Waals surface area contributed by atoms with Crippen LogP contribution in [0.15, 0.2) is 31.0 Å². The van der Waals surface area contributed by atoms with Crippen LogP contribution in [-0.4, -0.2) is 30.3 Å². The van der Waals surface area contributed by atoms with E-state index in [9.17, 15) is 10.4 Å². The van der Waals surface area contributed by atoms with Crippen molar-refractivity contribution >= 4 is 22.3 Å². The second-order valence-corrected chi connectivity index (χ2v) is 3.55. The topological polar surface area (TPSA) is 118 Å². The first-order valence-corrected chi connectivity index (χ1v) is 4.99. The van der Waals surface area contributed by atoms with Gasteiger partial charge in [0.25, 0.3) is 0 Å². The summed E-state index contributed by atoms with van der Waals surface area (Å²) in [5.41, 5.74) is 3.73. The van der Waals surface area contributed by atoms with E-state index in [1.165, 1.54) is 17.3 Å². The van der Waals surface area contributed by atoms with Crippen LogP contribution < -0.4 is 10.7 Å². The van der Waals surface area contributed by atoms with Crippen LogP contribution >= 0.6 is 0 Å². The molecule has 0 aliphatic heterocycles. The molecule has 0 radical (unpaired) electrons. The van der Waals surface area contributed by atoms with Crippen LogP contribution in [0.1, 0.15) is 0 Å². The van der Waals surface area contributed by atoms with Crippen LogP contribution in [0.2, 0.25) is 0 Å². The third kappa shape index (κ3) is 1.63. The molecule has 18 heavy (non-hydrogen) atoms. The van der Waals surface area contributed by atoms with Gasteiger partial charge in [-0.3, -0.25) is 15.7 Å². The number of hydrogen-bond donors (Lipinski definition) is 3. The lowest BCUT2D eigenvalue weighted by atomic mass is 10.2. The Bertz CT molecular complexity index is 661. The number of aromatic amines is 1. The summed E-state index contributed by atoms with van der Waals surface area (Å²) >= 11 is 0. The van der Waals surface area contributed by atoms with E-state index >= 15 is 0 Å². The predicted octanol–water partition coefficient (Wildman–Crippen LogP) is 0.723. The van der Waals surface area contributed by atoms with Gasteiger partial charge in [-0.15, -0.1) is 10.2 Å². The van der Waals surface area contributed by atoms with E-state index in [4.69, 9.17) is 0 Å². The third-order valence-electron chi connectivity index (χ3n) is 2.45. The van der Waals surface area contributed by atoms with Crippen LogP contribution in [0.5, 0.6) is 0 Å². The predicted molar refractivity (Wildman–Crippen MR) is 62.8 cm³/mol. The van der Waals surface area contributed by atoms with Crippen molar-refractivity contribution in [2.24, 2.45) is 0 Å². The number of rotatable bonds is 3. The quantitative estimate of drug-likeness (QED) is 0.582. The van der Waals surface area contributed by atoms with Crippen molar-refractivity contribution in [1.82, 2.24) is 25.1 Å². The minimum absolute atomic E-state index is 0.0405. The largest absolute Gasteiger partial charge is 0.733 e. The molecule has 0 spiro atoms. The maximum Gasteiger partial charge on any atom is 0.139 e. The minimum Gasteiger partial charge on any atom is -0.733 e. The molecule has 0 saturated carbocycles. The molecule has 9 heteroatoms. The fraction of sp³-hybridized carbons (Fsp3) is 0. The van der Waals surface area contributed by atoms with Crippen molar-refractivity contribution in [3.8, 4) is 0 Å². The fourth-order valence-corrected chi connectivity index (χ4v) is 1.68. The lowest BCUT2D eigenvalue weighted by molar-refractivity contribution is 0.297. The molecule has 0 atom stereocenters. The summed E-state index contributed by atoms with van der Waals surface area (Å²) in [4.78, 5) is 0. The van der Waals surface area contributed by atoms with Gasteiger partial charge in [0.1, 0.15) is 18.3 Å². The van der Waals surface area contributed by atoms with Crippen molar-refractivity contribution in [3.05, 3.63) is 36.2 Å². The normalized spacial score (nSPS) is 10.8. The fourth-order valence-electron chi connectivity index (χ4n) is 1.68. The molecule has 9 nitrogen and oxygen atoms in total. The monoisotopic (exact) mass is 246 g/mol. The average molecular weight is 246 g/mol. The zero-order valence-electron chi connectivity index (χ0n) is 8.98. The van der Waals surface area contributed by atoms with Crippen LogP contribution in [0, 0.1) is 5.21 Å². The van der Waals surface area contributed by atoms with Gasteiger partial charge in [-0.2, -0.15) is 5.10 Å². The van der Waals surface area contributed by atoms with E-state index in [2.05, 4.69) is 25.8 Å². The van der Waals surface area contributed by atoms with Crippen molar-refractivity contribution in [2.45, 2.75) is 0 Å². The van der Waals surface area contributed by atoms with E-state index in [0.29, 0.717) is 16.6 Å². The molecule has 2 heterocycles. The lowest BCUT2D eigenvalue weighted by Crippen LogP contribution is -2.14. The molecular formula is C9H8N7O2-. The molecule has 0 aliphatic rings. The first-order valence-electron chi connectivity index (χ1n) is 4.99. The van der Waals surface area contributed by atoms with Crippen LogP contribution in [-0.2, 0) is 0 Å². The summed E-state index contributed by atoms with van der Waals surface area (Å²) in [5, 5.41) is 34.7. The summed E-state index contributed by atoms with van der Waals surface area (Å²) < 4.78 is 1.45. The first kappa shape index (κ1) is 10.5. The molecule has 0 aliphatic carbocycles. The second kappa shape index (κ2) is 3.98. The standard InChI is InChI=1S/C9H8N7O2/c17-16(18)9-7(14-15-4-11-12-5-15)2-1-6-3-10-13-8(6)9/h1-5,14,17H,(H,10,13)/q-1. The van der Waals surface area contributed by atoms with Crippen LogP contribution in [0.25, 0.3) is 10.9 Å². The van der Waals surface area contributed by atoms with Gasteiger partial charge in [0.2, 0.25) is 0 Å². The molecule has 0 unspecified atom stereocenters. The smallest absolute Gasteiger partial charge is 0.139 e. The Kier molecular flexibility index (Phi) is 2.32. The Morgan fingerprint density at radius 3 is 2.83 bits per heavy atom. The Labute approximate surface area is 100 Å². The Morgan fingerprint density at radius 1 is 1.33 bits per heavy atom. The highest BCUT2D eigenvalue weighted by atomic mass is 16.8. The highest BCUT2D eigenvalue weighted by Gasteiger charge is 2.10. The molecule has 3 rings (SSSR count). The number of nitrogens with one attached hydrogen (secondary N) is 2. The van der Waals surface area contributed by atoms with Crippen molar-refractivity contribution in [3.63, 3.8) is 0 Å². The highest BCUT2D eigenvalue weighted by molar-refractivity contribution is 5.97. The summed E-state index contributed by atoms with van der Waals surface area (Å²) in [6, 6.07) is 3.41. The minimum atomic E-state index is -0.215. The molecule has 2 aromatic heterocycles. The van der Waals surface area contributed by atoms with Gasteiger partial charge in [0, 0.05) is 5.39 Å². The van der Waals surface area contributed by atoms with Crippen LogP contribution in [0.4, 0.5) is 11.4 Å². The summed E-state index contributed by atoms with van der Waals surface area (Å²) in [6.07, 6.45) is 4.41. The summed E-state index contributed by atoms with van der Waals surface area (Å²) in [6.45, 7) is 0. The summed E-state index contributed by atoms with van der Waals surface area (Å²) in [7, 11) is 0. The molecule has 92 valence electrons. The van der Waals surface area contributed by atoms with Crippen molar-refractivity contribution < 1.29 is 5.21 Å². The highest BCUT2D eigenvalue weighted by Crippen LogP contribution is 2.32. The second-order valence-electron chi connectivity index (χ2n) is 3.55. The number of aromatic nitrogens is 5. The van der Waals surface area contributed by atoms with E-state index in [0.717, 1.165) is 0 Å². The van der Waals surface area contributed by atoms with E-state index < -0.39 is 0 Å². The molecule has 3 aromatic rings. The third-order valence-corrected chi connectivity index (χ3v) is 2.45. The molecule has 0 saturated heterocycles. The van der Waals surface area contributed by atoms with Gasteiger partial charge < -0.3 is 10.4 Å². The Morgan fingerprint density at radius 2 is 2.11 bits per heavy atom. The molecule has 3 N–H and O–H groups in total. The van der Waals surface area contributed by atoms with Crippen molar-refractivity contribution in [2.75, 3.05) is 10.7 Å². The number of nitrogens with zero attached hydrogens (tertiary/aromatic N) is 5. The number of benzene rings is 1. The van der Waals surface area contributed by atoms with E-state index in [1.807, 2.05) is 0 Å². The van der Waals surface area contributed by atoms with Gasteiger partial charge in [0.05, 0.1) is 17.4 Å². The summed E-state index contributed by atoms with van der Waals surface area (Å²) in [5.74, 6) is 0. The molecule has 0 fully saturated rings. The van der Waals surface area contributed by atoms with Crippen LogP contribution in [0.3, 0.4) is 0 Å². The van der Waals surface area contributed by atoms with Gasteiger partial charge >= 0.3 is 0 Å². The van der Waals surface area contributed by atoms with Gasteiger partial charge in [-0.05, 0) is 12.1 Å². The zero-order valence-corrected chi connectivity index (χ0v) is 8.98. The average Bonchev–Trinajstić information content (AvgIpc) is 2.98. The van der Waals surface area contributed by atoms with E-state index in [-0.39, 0.29) is 10.9 Å². The maximum absolute atomic E-state index is 11.3. The lowest BCUT2D eigenvalue weighted by Gasteiger charge is -2.25. The number of H-pyrrole nitrogens is 1. The number of anilines is 2. The Hall–Kier alpha value is -2.65. The van der Waals surface area contributed by atoms with Gasteiger partial charge in [-0.1, -0.05) is 0 Å². The van der Waals surface area contributed by atoms with E-state index in [1.54, 1.807) is 18.3 Å². The number of fused-ring (bicyclic) bond motifs is 1. The maximum atomic E-state index is 11.3.